The van der Waals surface area contributed by atoms with Gasteiger partial charge in [-0.25, -0.2) is 0 Å². The van der Waals surface area contributed by atoms with Gasteiger partial charge in [-0.1, -0.05) is 133 Å². The van der Waals surface area contributed by atoms with E-state index >= 15 is 0 Å². The maximum Gasteiger partial charge on any atom is 0.143 e. The summed E-state index contributed by atoms with van der Waals surface area (Å²) >= 11 is 0. The molecule has 0 radical (unpaired) electrons. The summed E-state index contributed by atoms with van der Waals surface area (Å²) in [6.07, 6.45) is 0. The topological polar surface area (TPSA) is 13.1 Å². The van der Waals surface area contributed by atoms with E-state index in [9.17, 15) is 0 Å². The number of hydrogen-bond acceptors (Lipinski definition) is 1. The number of rotatable bonds is 3. The standard InChI is InChI=1S/C38H24O/c1-3-13-25(14-4-1)35-28-18-7-9-20-30(28)37(31-21-10-8-19-29(31)35)33-24-23-32-27-17-11-12-22-34(27)39-38(32)36(33)26-15-5-2-6-16-26/h1-24H. The zero-order valence-electron chi connectivity index (χ0n) is 21.3. The maximum atomic E-state index is 6.62. The summed E-state index contributed by atoms with van der Waals surface area (Å²) < 4.78 is 6.62. The van der Waals surface area contributed by atoms with E-state index in [1.807, 2.05) is 6.07 Å². The zero-order valence-corrected chi connectivity index (χ0v) is 21.3. The molecule has 0 amide bonds. The second kappa shape index (κ2) is 8.72. The average Bonchev–Trinajstić information content (AvgIpc) is 3.39. The van der Waals surface area contributed by atoms with Crippen LogP contribution in [0.5, 0.6) is 0 Å². The zero-order chi connectivity index (χ0) is 25.8. The van der Waals surface area contributed by atoms with E-state index in [0.717, 1.165) is 33.1 Å². The average molecular weight is 497 g/mol. The number of fused-ring (bicyclic) bond motifs is 5. The number of hydrogen-bond donors (Lipinski definition) is 0. The first-order valence-corrected chi connectivity index (χ1v) is 13.4. The van der Waals surface area contributed by atoms with Crippen molar-refractivity contribution in [3.05, 3.63) is 146 Å². The smallest absolute Gasteiger partial charge is 0.143 e. The molecule has 0 aliphatic carbocycles. The van der Waals surface area contributed by atoms with Crippen molar-refractivity contribution in [1.29, 1.82) is 0 Å². The second-order valence-corrected chi connectivity index (χ2v) is 10.0. The maximum absolute atomic E-state index is 6.62. The number of para-hydroxylation sites is 1. The molecule has 1 heterocycles. The highest BCUT2D eigenvalue weighted by atomic mass is 16.3. The summed E-state index contributed by atoms with van der Waals surface area (Å²) in [5, 5.41) is 7.26. The summed E-state index contributed by atoms with van der Waals surface area (Å²) in [6, 6.07) is 51.9. The molecule has 0 spiro atoms. The SMILES string of the molecule is c1ccc(-c2c3ccccc3c(-c3ccc4c(oc5ccccc54)c3-c3ccccc3)c3ccccc23)cc1. The highest BCUT2D eigenvalue weighted by molar-refractivity contribution is 6.24. The Bertz CT molecular complexity index is 2090. The molecule has 1 heteroatoms. The molecule has 0 atom stereocenters. The Morgan fingerprint density at radius 2 is 0.769 bits per heavy atom. The van der Waals surface area contributed by atoms with Crippen LogP contribution < -0.4 is 0 Å². The Kier molecular flexibility index (Phi) is 4.89. The van der Waals surface area contributed by atoms with Crippen LogP contribution in [-0.4, -0.2) is 0 Å². The molecule has 8 aromatic rings. The fourth-order valence-electron chi connectivity index (χ4n) is 6.22. The van der Waals surface area contributed by atoms with Gasteiger partial charge in [-0.15, -0.1) is 0 Å². The van der Waals surface area contributed by atoms with Gasteiger partial charge >= 0.3 is 0 Å². The minimum atomic E-state index is 0.913. The fraction of sp³-hybridized carbons (Fsp3) is 0. The van der Waals surface area contributed by atoms with Gasteiger partial charge in [0.25, 0.3) is 0 Å². The monoisotopic (exact) mass is 496 g/mol. The Morgan fingerprint density at radius 3 is 1.36 bits per heavy atom. The third kappa shape index (κ3) is 3.34. The highest BCUT2D eigenvalue weighted by Crippen LogP contribution is 2.48. The molecule has 8 rings (SSSR count). The molecule has 39 heavy (non-hydrogen) atoms. The Morgan fingerprint density at radius 1 is 0.308 bits per heavy atom. The van der Waals surface area contributed by atoms with E-state index in [-0.39, 0.29) is 0 Å². The van der Waals surface area contributed by atoms with Crippen LogP contribution in [0.3, 0.4) is 0 Å². The summed E-state index contributed by atoms with van der Waals surface area (Å²) in [4.78, 5) is 0. The first-order valence-electron chi connectivity index (χ1n) is 13.4. The minimum Gasteiger partial charge on any atom is -0.455 e. The highest BCUT2D eigenvalue weighted by Gasteiger charge is 2.22. The van der Waals surface area contributed by atoms with Crippen LogP contribution in [0.2, 0.25) is 0 Å². The number of furan rings is 1. The van der Waals surface area contributed by atoms with Crippen molar-refractivity contribution in [1.82, 2.24) is 0 Å². The van der Waals surface area contributed by atoms with Gasteiger partial charge in [0.15, 0.2) is 0 Å². The normalized spacial score (nSPS) is 11.6. The van der Waals surface area contributed by atoms with Crippen LogP contribution in [0.1, 0.15) is 0 Å². The predicted octanol–water partition coefficient (Wildman–Crippen LogP) is 10.9. The lowest BCUT2D eigenvalue weighted by Crippen LogP contribution is -1.93. The second-order valence-electron chi connectivity index (χ2n) is 10.0. The molecular formula is C38H24O. The van der Waals surface area contributed by atoms with Crippen molar-refractivity contribution >= 4 is 43.5 Å². The van der Waals surface area contributed by atoms with Gasteiger partial charge in [0.2, 0.25) is 0 Å². The Hall–Kier alpha value is -5.14. The van der Waals surface area contributed by atoms with E-state index in [2.05, 4.69) is 140 Å². The molecule has 0 aliphatic rings. The molecule has 1 aromatic heterocycles. The number of benzene rings is 7. The molecular weight excluding hydrogens is 472 g/mol. The fourth-order valence-corrected chi connectivity index (χ4v) is 6.22. The molecule has 1 nitrogen and oxygen atoms in total. The first-order chi connectivity index (χ1) is 19.4. The minimum absolute atomic E-state index is 0.913. The summed E-state index contributed by atoms with van der Waals surface area (Å²) in [6.45, 7) is 0. The van der Waals surface area contributed by atoms with Crippen molar-refractivity contribution in [2.75, 3.05) is 0 Å². The van der Waals surface area contributed by atoms with E-state index in [4.69, 9.17) is 4.42 Å². The van der Waals surface area contributed by atoms with Crippen molar-refractivity contribution < 1.29 is 4.42 Å². The molecule has 182 valence electrons. The van der Waals surface area contributed by atoms with Gasteiger partial charge in [0.05, 0.1) is 0 Å². The largest absolute Gasteiger partial charge is 0.455 e. The molecule has 0 unspecified atom stereocenters. The van der Waals surface area contributed by atoms with Gasteiger partial charge in [-0.3, -0.25) is 0 Å². The molecule has 0 bridgehead atoms. The molecule has 0 N–H and O–H groups in total. The van der Waals surface area contributed by atoms with Crippen molar-refractivity contribution in [3.8, 4) is 33.4 Å². The van der Waals surface area contributed by atoms with Crippen LogP contribution in [0, 0.1) is 0 Å². The van der Waals surface area contributed by atoms with Crippen LogP contribution in [0.4, 0.5) is 0 Å². The summed E-state index contributed by atoms with van der Waals surface area (Å²) in [5.41, 5.74) is 9.05. The van der Waals surface area contributed by atoms with Gasteiger partial charge < -0.3 is 4.42 Å². The predicted molar refractivity (Wildman–Crippen MR) is 165 cm³/mol. The van der Waals surface area contributed by atoms with Crippen molar-refractivity contribution in [3.63, 3.8) is 0 Å². The van der Waals surface area contributed by atoms with Crippen LogP contribution in [0.15, 0.2) is 150 Å². The van der Waals surface area contributed by atoms with Gasteiger partial charge in [-0.05, 0) is 61.5 Å². The quantitative estimate of drug-likeness (QED) is 0.222. The van der Waals surface area contributed by atoms with Crippen LogP contribution in [-0.2, 0) is 0 Å². The lowest BCUT2D eigenvalue weighted by Gasteiger charge is -2.20. The van der Waals surface area contributed by atoms with Gasteiger partial charge in [0, 0.05) is 16.3 Å². The van der Waals surface area contributed by atoms with E-state index < -0.39 is 0 Å². The van der Waals surface area contributed by atoms with E-state index in [1.54, 1.807) is 0 Å². The van der Waals surface area contributed by atoms with Gasteiger partial charge in [0.1, 0.15) is 11.2 Å². The summed E-state index contributed by atoms with van der Waals surface area (Å²) in [7, 11) is 0. The van der Waals surface area contributed by atoms with Gasteiger partial charge in [-0.2, -0.15) is 0 Å². The third-order valence-electron chi connectivity index (χ3n) is 7.87. The molecule has 0 aliphatic heterocycles. The molecule has 7 aromatic carbocycles. The molecule has 0 saturated carbocycles. The van der Waals surface area contributed by atoms with Crippen LogP contribution >= 0.6 is 0 Å². The molecule has 0 saturated heterocycles. The first kappa shape index (κ1) is 21.9. The lowest BCUT2D eigenvalue weighted by atomic mass is 9.83. The van der Waals surface area contributed by atoms with Crippen molar-refractivity contribution in [2.24, 2.45) is 0 Å². The Labute approximate surface area is 226 Å². The third-order valence-corrected chi connectivity index (χ3v) is 7.87. The Balaban J connectivity index is 1.58. The van der Waals surface area contributed by atoms with Crippen LogP contribution in [0.25, 0.3) is 76.9 Å². The van der Waals surface area contributed by atoms with Crippen molar-refractivity contribution in [2.45, 2.75) is 0 Å². The van der Waals surface area contributed by atoms with E-state index in [0.29, 0.717) is 0 Å². The van der Waals surface area contributed by atoms with E-state index in [1.165, 1.54) is 43.8 Å². The molecule has 0 fully saturated rings. The lowest BCUT2D eigenvalue weighted by molar-refractivity contribution is 0.670. The summed E-state index contributed by atoms with van der Waals surface area (Å²) in [5.74, 6) is 0.